The number of benzene rings is 2. The molecule has 1 heterocycles. The van der Waals surface area contributed by atoms with Gasteiger partial charge in [-0.15, -0.1) is 0 Å². The van der Waals surface area contributed by atoms with E-state index in [1.165, 1.54) is 5.56 Å². The second-order valence-corrected chi connectivity index (χ2v) is 6.52. The highest BCUT2D eigenvalue weighted by Crippen LogP contribution is 2.14. The number of carbonyl (C=O) groups excluding carboxylic acids is 1. The first-order chi connectivity index (χ1) is 14.6. The molecule has 0 fully saturated rings. The fraction of sp³-hybridized carbons (Fsp3) is 0.174. The Balaban J connectivity index is 1.45. The fourth-order valence-corrected chi connectivity index (χ4v) is 2.61. The van der Waals surface area contributed by atoms with Crippen LogP contribution in [0.5, 0.6) is 5.75 Å². The van der Waals surface area contributed by atoms with Gasteiger partial charge >= 0.3 is 0 Å². The number of hydrogen-bond donors (Lipinski definition) is 2. The molecule has 1 aromatic heterocycles. The van der Waals surface area contributed by atoms with Crippen LogP contribution in [0.15, 0.2) is 78.2 Å². The topological polar surface area (TPSA) is 98.8 Å². The van der Waals surface area contributed by atoms with E-state index in [2.05, 4.69) is 22.4 Å². The molecule has 0 bridgehead atoms. The molecule has 3 N–H and O–H groups in total. The Morgan fingerprint density at radius 3 is 2.50 bits per heavy atom. The maximum absolute atomic E-state index is 12.0. The van der Waals surface area contributed by atoms with E-state index in [0.717, 1.165) is 12.0 Å². The quantitative estimate of drug-likeness (QED) is 0.323. The number of carbonyl (C=O) groups is 1. The maximum Gasteiger partial charge on any atom is 0.265 e. The lowest BCUT2D eigenvalue weighted by molar-refractivity contribution is -0.120. The van der Waals surface area contributed by atoms with Crippen molar-refractivity contribution in [2.24, 2.45) is 10.9 Å². The molecular formula is C23H24N4O3. The van der Waals surface area contributed by atoms with Crippen LogP contribution >= 0.6 is 0 Å². The average molecular weight is 404 g/mol. The molecule has 2 aromatic carbocycles. The second kappa shape index (κ2) is 10.6. The molecule has 0 aliphatic carbocycles. The molecular weight excluding hydrogens is 380 g/mol. The number of rotatable bonds is 9. The third-order valence-electron chi connectivity index (χ3n) is 4.28. The monoisotopic (exact) mass is 404 g/mol. The highest BCUT2D eigenvalue weighted by Gasteiger charge is 2.05. The van der Waals surface area contributed by atoms with Gasteiger partial charge in [-0.05, 0) is 54.4 Å². The van der Waals surface area contributed by atoms with E-state index in [1.54, 1.807) is 36.7 Å². The molecule has 3 rings (SSSR count). The summed E-state index contributed by atoms with van der Waals surface area (Å²) in [4.78, 5) is 21.1. The second-order valence-electron chi connectivity index (χ2n) is 6.52. The van der Waals surface area contributed by atoms with E-state index in [4.69, 9.17) is 15.3 Å². The summed E-state index contributed by atoms with van der Waals surface area (Å²) < 4.78 is 5.71. The van der Waals surface area contributed by atoms with Crippen LogP contribution < -0.4 is 15.8 Å². The number of oxime groups is 1. The number of nitrogens with one attached hydrogen (secondary N) is 1. The zero-order valence-corrected chi connectivity index (χ0v) is 16.7. The third kappa shape index (κ3) is 6.34. The minimum absolute atomic E-state index is 0.175. The number of nitrogens with two attached hydrogens (primary N) is 1. The van der Waals surface area contributed by atoms with Crippen LogP contribution in [-0.4, -0.2) is 23.3 Å². The normalized spacial score (nSPS) is 11.0. The van der Waals surface area contributed by atoms with Crippen LogP contribution in [0.1, 0.15) is 23.6 Å². The summed E-state index contributed by atoms with van der Waals surface area (Å²) in [7, 11) is 0. The molecule has 0 saturated heterocycles. The summed E-state index contributed by atoms with van der Waals surface area (Å²) in [5.74, 6) is 0.564. The van der Waals surface area contributed by atoms with Gasteiger partial charge in [0.2, 0.25) is 0 Å². The number of nitrogens with zero attached hydrogens (tertiary/aromatic N) is 2. The summed E-state index contributed by atoms with van der Waals surface area (Å²) >= 11 is 0. The first kappa shape index (κ1) is 20.9. The van der Waals surface area contributed by atoms with Crippen molar-refractivity contribution in [2.45, 2.75) is 20.0 Å². The van der Waals surface area contributed by atoms with Crippen LogP contribution in [-0.2, 0) is 22.7 Å². The van der Waals surface area contributed by atoms with Gasteiger partial charge in [-0.1, -0.05) is 30.3 Å². The van der Waals surface area contributed by atoms with E-state index >= 15 is 0 Å². The minimum atomic E-state index is -0.310. The van der Waals surface area contributed by atoms with Crippen LogP contribution in [0.3, 0.4) is 0 Å². The first-order valence-corrected chi connectivity index (χ1v) is 9.60. The van der Waals surface area contributed by atoms with Gasteiger partial charge in [-0.25, -0.2) is 0 Å². The Hall–Kier alpha value is -3.87. The van der Waals surface area contributed by atoms with Crippen LogP contribution in [0.4, 0.5) is 5.69 Å². The Kier molecular flexibility index (Phi) is 7.38. The molecule has 7 nitrogen and oxygen atoms in total. The molecule has 0 radical (unpaired) electrons. The largest absolute Gasteiger partial charge is 0.489 e. The van der Waals surface area contributed by atoms with Gasteiger partial charge in [-0.3, -0.25) is 9.78 Å². The lowest BCUT2D eigenvalue weighted by Gasteiger charge is -2.07. The van der Waals surface area contributed by atoms with Crippen molar-refractivity contribution in [1.82, 2.24) is 4.98 Å². The molecule has 0 aliphatic heterocycles. The third-order valence-corrected chi connectivity index (χ3v) is 4.28. The number of aryl methyl sites for hydroxylation is 1. The smallest absolute Gasteiger partial charge is 0.265 e. The predicted octanol–water partition coefficient (Wildman–Crippen LogP) is 3.50. The standard InChI is InChI=1S/C23H24N4O3/c1-2-17-5-9-20(10-6-17)26-22(28)16-30-27-23(24)19-7-11-21(12-8-19)29-15-18-4-3-13-25-14-18/h3-14H,2,15-16H2,1H3,(H2,24,27)(H,26,28). The number of amidine groups is 1. The van der Waals surface area contributed by atoms with Crippen LogP contribution in [0.2, 0.25) is 0 Å². The summed E-state index contributed by atoms with van der Waals surface area (Å²) in [6.45, 7) is 2.27. The number of ether oxygens (including phenoxy) is 1. The van der Waals surface area contributed by atoms with E-state index in [1.807, 2.05) is 36.4 Å². The minimum Gasteiger partial charge on any atom is -0.489 e. The van der Waals surface area contributed by atoms with Crippen molar-refractivity contribution in [1.29, 1.82) is 0 Å². The lowest BCUT2D eigenvalue weighted by atomic mass is 10.1. The van der Waals surface area contributed by atoms with Crippen LogP contribution in [0.25, 0.3) is 0 Å². The molecule has 154 valence electrons. The SMILES string of the molecule is CCc1ccc(NC(=O)CO/N=C(\N)c2ccc(OCc3cccnc3)cc2)cc1. The van der Waals surface area contributed by atoms with Gasteiger partial charge in [0.25, 0.3) is 5.91 Å². The van der Waals surface area contributed by atoms with E-state index < -0.39 is 0 Å². The predicted molar refractivity (Wildman–Crippen MR) is 116 cm³/mol. The molecule has 30 heavy (non-hydrogen) atoms. The Morgan fingerprint density at radius 1 is 1.07 bits per heavy atom. The zero-order chi connectivity index (χ0) is 21.2. The van der Waals surface area contributed by atoms with Crippen molar-refractivity contribution in [3.63, 3.8) is 0 Å². The highest BCUT2D eigenvalue weighted by atomic mass is 16.6. The molecule has 7 heteroatoms. The van der Waals surface area contributed by atoms with Crippen molar-refractivity contribution >= 4 is 17.4 Å². The van der Waals surface area contributed by atoms with Gasteiger partial charge in [0, 0.05) is 29.2 Å². The van der Waals surface area contributed by atoms with Crippen molar-refractivity contribution in [3.05, 3.63) is 89.7 Å². The highest BCUT2D eigenvalue weighted by molar-refractivity contribution is 5.97. The van der Waals surface area contributed by atoms with Crippen molar-refractivity contribution < 1.29 is 14.4 Å². The van der Waals surface area contributed by atoms with E-state index in [0.29, 0.717) is 23.6 Å². The maximum atomic E-state index is 12.0. The van der Waals surface area contributed by atoms with Gasteiger partial charge in [0.15, 0.2) is 12.4 Å². The van der Waals surface area contributed by atoms with Gasteiger partial charge in [-0.2, -0.15) is 0 Å². The average Bonchev–Trinajstić information content (AvgIpc) is 2.79. The summed E-state index contributed by atoms with van der Waals surface area (Å²) in [5.41, 5.74) is 9.48. The van der Waals surface area contributed by atoms with Gasteiger partial charge in [0.1, 0.15) is 12.4 Å². The number of pyridine rings is 1. The number of anilines is 1. The first-order valence-electron chi connectivity index (χ1n) is 9.60. The molecule has 0 aliphatic rings. The number of amides is 1. The van der Waals surface area contributed by atoms with Crippen molar-refractivity contribution in [3.8, 4) is 5.75 Å². The Labute approximate surface area is 175 Å². The molecule has 0 atom stereocenters. The Morgan fingerprint density at radius 2 is 1.83 bits per heavy atom. The van der Waals surface area contributed by atoms with Crippen LogP contribution in [0, 0.1) is 0 Å². The lowest BCUT2D eigenvalue weighted by Crippen LogP contribution is -2.19. The molecule has 0 saturated carbocycles. The molecule has 3 aromatic rings. The summed E-state index contributed by atoms with van der Waals surface area (Å²) in [5, 5.41) is 6.56. The van der Waals surface area contributed by atoms with E-state index in [9.17, 15) is 4.79 Å². The number of aromatic nitrogens is 1. The summed E-state index contributed by atoms with van der Waals surface area (Å²) in [6, 6.07) is 18.6. The van der Waals surface area contributed by atoms with Gasteiger partial charge in [0.05, 0.1) is 0 Å². The Bertz CT molecular complexity index is 972. The van der Waals surface area contributed by atoms with Crippen molar-refractivity contribution in [2.75, 3.05) is 11.9 Å². The summed E-state index contributed by atoms with van der Waals surface area (Å²) in [6.07, 6.45) is 4.42. The zero-order valence-electron chi connectivity index (χ0n) is 16.7. The molecule has 0 unspecified atom stereocenters. The fourth-order valence-electron chi connectivity index (χ4n) is 2.61. The number of hydrogen-bond acceptors (Lipinski definition) is 5. The van der Waals surface area contributed by atoms with Gasteiger partial charge < -0.3 is 20.6 Å². The van der Waals surface area contributed by atoms with E-state index in [-0.39, 0.29) is 18.3 Å². The molecule has 0 spiro atoms. The molecule has 1 amide bonds.